The predicted octanol–water partition coefficient (Wildman–Crippen LogP) is 2.99. The van der Waals surface area contributed by atoms with Gasteiger partial charge in [-0.3, -0.25) is 0 Å². The number of aromatic nitrogens is 3. The summed E-state index contributed by atoms with van der Waals surface area (Å²) in [5, 5.41) is 13.1. The number of ether oxygens (including phenoxy) is 2. The molecule has 0 N–H and O–H groups in total. The van der Waals surface area contributed by atoms with Gasteiger partial charge < -0.3 is 9.47 Å². The van der Waals surface area contributed by atoms with Crippen LogP contribution in [0, 0.1) is 25.2 Å². The highest BCUT2D eigenvalue weighted by atomic mass is 16.6. The minimum atomic E-state index is -0.467. The van der Waals surface area contributed by atoms with E-state index in [9.17, 15) is 4.79 Å². The zero-order valence-corrected chi connectivity index (χ0v) is 15.0. The molecule has 0 radical (unpaired) electrons. The third kappa shape index (κ3) is 4.50. The monoisotopic (exact) mass is 362 g/mol. The maximum absolute atomic E-state index is 12.1. The molecule has 7 heteroatoms. The fourth-order valence-corrected chi connectivity index (χ4v) is 2.50. The van der Waals surface area contributed by atoms with Crippen molar-refractivity contribution in [1.82, 2.24) is 14.8 Å². The standard InChI is InChI=1S/C20H18N4O3/c1-14-11-15(2)24(23-14)19-8-5-17(13-22-19)20(25)27-10-9-26-18-6-3-16(12-21)4-7-18/h3-8,11,13H,9-10H2,1-2H3. The third-order valence-electron chi connectivity index (χ3n) is 3.78. The molecular formula is C20H18N4O3. The molecule has 2 heterocycles. The maximum atomic E-state index is 12.1. The van der Waals surface area contributed by atoms with Crippen molar-refractivity contribution in [1.29, 1.82) is 5.26 Å². The molecule has 0 bridgehead atoms. The van der Waals surface area contributed by atoms with Crippen molar-refractivity contribution in [2.75, 3.05) is 13.2 Å². The van der Waals surface area contributed by atoms with Gasteiger partial charge in [-0.2, -0.15) is 10.4 Å². The molecule has 0 saturated carbocycles. The van der Waals surface area contributed by atoms with Gasteiger partial charge in [-0.25, -0.2) is 14.5 Å². The smallest absolute Gasteiger partial charge is 0.339 e. The van der Waals surface area contributed by atoms with Crippen LogP contribution in [0.4, 0.5) is 0 Å². The highest BCUT2D eigenvalue weighted by molar-refractivity contribution is 5.89. The van der Waals surface area contributed by atoms with Crippen molar-refractivity contribution in [2.45, 2.75) is 13.8 Å². The Morgan fingerprint density at radius 2 is 1.93 bits per heavy atom. The average molecular weight is 362 g/mol. The quantitative estimate of drug-likeness (QED) is 0.495. The van der Waals surface area contributed by atoms with E-state index in [1.165, 1.54) is 6.20 Å². The zero-order valence-electron chi connectivity index (χ0n) is 15.0. The first-order valence-corrected chi connectivity index (χ1v) is 8.36. The van der Waals surface area contributed by atoms with Gasteiger partial charge >= 0.3 is 5.97 Å². The van der Waals surface area contributed by atoms with E-state index < -0.39 is 5.97 Å². The first-order chi connectivity index (χ1) is 13.1. The first kappa shape index (κ1) is 18.1. The van der Waals surface area contributed by atoms with Crippen LogP contribution in [0.1, 0.15) is 27.3 Å². The van der Waals surface area contributed by atoms with Crippen LogP contribution in [0.5, 0.6) is 5.75 Å². The molecular weight excluding hydrogens is 344 g/mol. The molecule has 27 heavy (non-hydrogen) atoms. The van der Waals surface area contributed by atoms with E-state index in [-0.39, 0.29) is 13.2 Å². The second-order valence-electron chi connectivity index (χ2n) is 5.86. The van der Waals surface area contributed by atoms with Crippen LogP contribution >= 0.6 is 0 Å². The number of carbonyl (C=O) groups is 1. The van der Waals surface area contributed by atoms with Crippen LogP contribution in [0.15, 0.2) is 48.7 Å². The van der Waals surface area contributed by atoms with E-state index in [1.807, 2.05) is 26.0 Å². The molecule has 0 atom stereocenters. The van der Waals surface area contributed by atoms with Gasteiger partial charge in [0, 0.05) is 11.9 Å². The number of aryl methyl sites for hydroxylation is 2. The number of hydrogen-bond acceptors (Lipinski definition) is 6. The Labute approximate surface area is 156 Å². The van der Waals surface area contributed by atoms with E-state index in [0.717, 1.165) is 11.4 Å². The maximum Gasteiger partial charge on any atom is 0.339 e. The van der Waals surface area contributed by atoms with E-state index >= 15 is 0 Å². The van der Waals surface area contributed by atoms with Crippen molar-refractivity contribution >= 4 is 5.97 Å². The van der Waals surface area contributed by atoms with E-state index in [0.29, 0.717) is 22.7 Å². The lowest BCUT2D eigenvalue weighted by Gasteiger charge is -2.08. The Kier molecular flexibility index (Phi) is 5.47. The summed E-state index contributed by atoms with van der Waals surface area (Å²) < 4.78 is 12.4. The topological polar surface area (TPSA) is 90.0 Å². The van der Waals surface area contributed by atoms with Crippen molar-refractivity contribution in [3.8, 4) is 17.6 Å². The number of hydrogen-bond donors (Lipinski definition) is 0. The molecule has 0 saturated heterocycles. The molecule has 0 unspecified atom stereocenters. The number of rotatable bonds is 6. The number of benzene rings is 1. The Bertz CT molecular complexity index is 970. The zero-order chi connectivity index (χ0) is 19.2. The van der Waals surface area contributed by atoms with E-state index in [4.69, 9.17) is 14.7 Å². The highest BCUT2D eigenvalue weighted by Gasteiger charge is 2.10. The minimum absolute atomic E-state index is 0.109. The molecule has 0 amide bonds. The van der Waals surface area contributed by atoms with Crippen LogP contribution < -0.4 is 4.74 Å². The molecule has 0 aliphatic carbocycles. The van der Waals surface area contributed by atoms with E-state index in [2.05, 4.69) is 10.1 Å². The van der Waals surface area contributed by atoms with Crippen LogP contribution in [0.2, 0.25) is 0 Å². The Morgan fingerprint density at radius 3 is 2.52 bits per heavy atom. The molecule has 3 aromatic rings. The largest absolute Gasteiger partial charge is 0.490 e. The van der Waals surface area contributed by atoms with Gasteiger partial charge in [0.25, 0.3) is 0 Å². The molecule has 0 fully saturated rings. The van der Waals surface area contributed by atoms with Crippen LogP contribution in [0.25, 0.3) is 5.82 Å². The average Bonchev–Trinajstić information content (AvgIpc) is 3.03. The molecule has 0 aliphatic rings. The molecule has 7 nitrogen and oxygen atoms in total. The molecule has 0 spiro atoms. The van der Waals surface area contributed by atoms with Crippen LogP contribution in [0.3, 0.4) is 0 Å². The van der Waals surface area contributed by atoms with Gasteiger partial charge in [-0.1, -0.05) is 0 Å². The summed E-state index contributed by atoms with van der Waals surface area (Å²) in [6.45, 7) is 4.18. The van der Waals surface area contributed by atoms with Crippen LogP contribution in [-0.4, -0.2) is 33.9 Å². The number of esters is 1. The molecule has 2 aromatic heterocycles. The molecule has 1 aromatic carbocycles. The van der Waals surface area contributed by atoms with Gasteiger partial charge in [0.05, 0.1) is 22.9 Å². The summed E-state index contributed by atoms with van der Waals surface area (Å²) in [6, 6.07) is 14.1. The lowest BCUT2D eigenvalue weighted by atomic mass is 10.2. The van der Waals surface area contributed by atoms with E-state index in [1.54, 1.807) is 41.1 Å². The normalized spacial score (nSPS) is 10.3. The summed E-state index contributed by atoms with van der Waals surface area (Å²) in [5.74, 6) is 0.785. The predicted molar refractivity (Wildman–Crippen MR) is 97.8 cm³/mol. The van der Waals surface area contributed by atoms with Crippen molar-refractivity contribution in [3.63, 3.8) is 0 Å². The van der Waals surface area contributed by atoms with Gasteiger partial charge in [0.1, 0.15) is 19.0 Å². The summed E-state index contributed by atoms with van der Waals surface area (Å²) >= 11 is 0. The molecule has 0 aliphatic heterocycles. The number of carbonyl (C=O) groups excluding carboxylic acids is 1. The van der Waals surface area contributed by atoms with Gasteiger partial charge in [0.2, 0.25) is 0 Å². The van der Waals surface area contributed by atoms with Crippen LogP contribution in [-0.2, 0) is 4.74 Å². The fourth-order valence-electron chi connectivity index (χ4n) is 2.50. The number of pyridine rings is 1. The van der Waals surface area contributed by atoms with Crippen molar-refractivity contribution in [2.24, 2.45) is 0 Å². The number of nitriles is 1. The first-order valence-electron chi connectivity index (χ1n) is 8.36. The highest BCUT2D eigenvalue weighted by Crippen LogP contribution is 2.12. The second-order valence-corrected chi connectivity index (χ2v) is 5.86. The van der Waals surface area contributed by atoms with Crippen molar-refractivity contribution in [3.05, 3.63) is 71.2 Å². The SMILES string of the molecule is Cc1cc(C)n(-c2ccc(C(=O)OCCOc3ccc(C#N)cc3)cn2)n1. The summed E-state index contributed by atoms with van der Waals surface area (Å²) in [7, 11) is 0. The Hall–Kier alpha value is -3.66. The fraction of sp³-hybridized carbons (Fsp3) is 0.200. The lowest BCUT2D eigenvalue weighted by Crippen LogP contribution is -2.13. The summed E-state index contributed by atoms with van der Waals surface area (Å²) in [5.41, 5.74) is 2.79. The Balaban J connectivity index is 1.50. The van der Waals surface area contributed by atoms with Gasteiger partial charge in [-0.05, 0) is 56.3 Å². The summed E-state index contributed by atoms with van der Waals surface area (Å²) in [6.07, 6.45) is 1.47. The second kappa shape index (κ2) is 8.15. The third-order valence-corrected chi connectivity index (χ3v) is 3.78. The lowest BCUT2D eigenvalue weighted by molar-refractivity contribution is 0.0450. The van der Waals surface area contributed by atoms with Crippen molar-refractivity contribution < 1.29 is 14.3 Å². The van der Waals surface area contributed by atoms with Gasteiger partial charge in [0.15, 0.2) is 5.82 Å². The van der Waals surface area contributed by atoms with Gasteiger partial charge in [-0.15, -0.1) is 0 Å². The minimum Gasteiger partial charge on any atom is -0.490 e. The Morgan fingerprint density at radius 1 is 1.15 bits per heavy atom. The summed E-state index contributed by atoms with van der Waals surface area (Å²) in [4.78, 5) is 16.4. The number of nitrogens with zero attached hydrogens (tertiary/aromatic N) is 4. The molecule has 3 rings (SSSR count). The molecule has 136 valence electrons.